The van der Waals surface area contributed by atoms with Gasteiger partial charge < -0.3 is 29.8 Å². The van der Waals surface area contributed by atoms with E-state index in [0.717, 1.165) is 5.69 Å². The van der Waals surface area contributed by atoms with Crippen molar-refractivity contribution in [3.8, 4) is 0 Å². The summed E-state index contributed by atoms with van der Waals surface area (Å²) >= 11 is 0. The normalized spacial score (nSPS) is 24.8. The summed E-state index contributed by atoms with van der Waals surface area (Å²) in [4.78, 5) is 28.3. The number of rotatable bonds is 2. The second-order valence-corrected chi connectivity index (χ2v) is 4.99. The Hall–Kier alpha value is -2.42. The topological polar surface area (TPSA) is 109 Å². The van der Waals surface area contributed by atoms with E-state index in [0.29, 0.717) is 26.2 Å². The molecule has 0 bridgehead atoms. The Bertz CT molecular complexity index is 563. The minimum absolute atomic E-state index is 0.0851. The molecule has 0 aromatic carbocycles. The molecule has 1 aromatic rings. The molecule has 3 heterocycles. The zero-order chi connectivity index (χ0) is 15.0. The molecule has 0 saturated carbocycles. The Balaban J connectivity index is 1.81. The highest BCUT2D eigenvalue weighted by Gasteiger charge is 2.42. The molecular weight excluding hydrogens is 280 g/mol. The summed E-state index contributed by atoms with van der Waals surface area (Å²) in [5.74, 6) is -0.206. The smallest absolute Gasteiger partial charge is 0.407 e. The van der Waals surface area contributed by atoms with Gasteiger partial charge in [-0.1, -0.05) is 0 Å². The average Bonchev–Trinajstić information content (AvgIpc) is 2.91. The fourth-order valence-electron chi connectivity index (χ4n) is 2.82. The van der Waals surface area contributed by atoms with Crippen LogP contribution in [-0.4, -0.2) is 64.4 Å². The minimum Gasteiger partial charge on any atom is -0.465 e. The molecule has 1 amide bonds. The van der Waals surface area contributed by atoms with E-state index >= 15 is 0 Å². The van der Waals surface area contributed by atoms with Gasteiger partial charge in [0, 0.05) is 19.2 Å². The molecule has 1 N–H and O–H groups in total. The number of nitrogens with zero attached hydrogens (tertiary/aromatic N) is 4. The van der Waals surface area contributed by atoms with Crippen LogP contribution in [0.5, 0.6) is 0 Å². The number of hydrogen-bond acceptors (Lipinski definition) is 6. The maximum atomic E-state index is 11.1. The van der Waals surface area contributed by atoms with E-state index in [1.807, 2.05) is 4.90 Å². The number of nitro groups is 1. The third-order valence-corrected chi connectivity index (χ3v) is 3.82. The molecule has 2 unspecified atom stereocenters. The van der Waals surface area contributed by atoms with Crippen molar-refractivity contribution < 1.29 is 19.6 Å². The van der Waals surface area contributed by atoms with Gasteiger partial charge in [0.15, 0.2) is 6.20 Å². The van der Waals surface area contributed by atoms with Crippen LogP contribution in [0.4, 0.5) is 16.3 Å². The standard InChI is InChI=1S/C12H14N4O5/c17-12(18)14-6-9-10(7-14)21-4-3-15(9)8-1-2-11(13-5-8)16(19)20/h1-2,5,9-10H,3-4,6-7H2,(H,17,18). The van der Waals surface area contributed by atoms with Gasteiger partial charge in [0.1, 0.15) is 0 Å². The van der Waals surface area contributed by atoms with Gasteiger partial charge in [0.05, 0.1) is 31.0 Å². The Morgan fingerprint density at radius 1 is 1.48 bits per heavy atom. The van der Waals surface area contributed by atoms with Gasteiger partial charge in [0.2, 0.25) is 0 Å². The Morgan fingerprint density at radius 3 is 2.90 bits per heavy atom. The molecule has 2 atom stereocenters. The van der Waals surface area contributed by atoms with Crippen molar-refractivity contribution in [3.05, 3.63) is 28.4 Å². The molecule has 2 aliphatic rings. The molecule has 3 rings (SSSR count). The van der Waals surface area contributed by atoms with Crippen LogP contribution in [-0.2, 0) is 4.74 Å². The minimum atomic E-state index is -0.963. The SMILES string of the molecule is O=C(O)N1CC2OCCN(c3ccc([N+](=O)[O-])nc3)C2C1. The van der Waals surface area contributed by atoms with Crippen LogP contribution in [0.15, 0.2) is 18.3 Å². The van der Waals surface area contributed by atoms with Crippen LogP contribution in [0, 0.1) is 10.1 Å². The van der Waals surface area contributed by atoms with Crippen LogP contribution in [0.2, 0.25) is 0 Å². The van der Waals surface area contributed by atoms with Crippen molar-refractivity contribution in [2.45, 2.75) is 12.1 Å². The lowest BCUT2D eigenvalue weighted by Gasteiger charge is -2.37. The number of aromatic nitrogens is 1. The monoisotopic (exact) mass is 294 g/mol. The van der Waals surface area contributed by atoms with E-state index in [2.05, 4.69) is 4.98 Å². The fraction of sp³-hybridized carbons (Fsp3) is 0.500. The van der Waals surface area contributed by atoms with Crippen molar-refractivity contribution in [1.82, 2.24) is 9.88 Å². The van der Waals surface area contributed by atoms with Gasteiger partial charge in [-0.05, 0) is 16.0 Å². The van der Waals surface area contributed by atoms with E-state index in [-0.39, 0.29) is 18.0 Å². The van der Waals surface area contributed by atoms with E-state index in [9.17, 15) is 14.9 Å². The number of carboxylic acid groups (broad SMARTS) is 1. The molecule has 0 spiro atoms. The van der Waals surface area contributed by atoms with Gasteiger partial charge in [-0.3, -0.25) is 0 Å². The first-order valence-electron chi connectivity index (χ1n) is 6.53. The lowest BCUT2D eigenvalue weighted by molar-refractivity contribution is -0.389. The number of anilines is 1. The zero-order valence-electron chi connectivity index (χ0n) is 11.1. The summed E-state index contributed by atoms with van der Waals surface area (Å²) < 4.78 is 5.62. The summed E-state index contributed by atoms with van der Waals surface area (Å²) in [6.07, 6.45) is 0.309. The highest BCUT2D eigenvalue weighted by atomic mass is 16.6. The summed E-state index contributed by atoms with van der Waals surface area (Å²) in [5, 5.41) is 19.7. The molecule has 2 fully saturated rings. The van der Waals surface area contributed by atoms with E-state index in [1.165, 1.54) is 17.2 Å². The lowest BCUT2D eigenvalue weighted by atomic mass is 10.1. The number of pyridine rings is 1. The second-order valence-electron chi connectivity index (χ2n) is 4.99. The van der Waals surface area contributed by atoms with Gasteiger partial charge in [0.25, 0.3) is 0 Å². The Morgan fingerprint density at radius 2 is 2.29 bits per heavy atom. The highest BCUT2D eigenvalue weighted by Crippen LogP contribution is 2.28. The van der Waals surface area contributed by atoms with Crippen LogP contribution in [0.1, 0.15) is 0 Å². The molecular formula is C12H14N4O5. The first-order chi connectivity index (χ1) is 10.1. The maximum absolute atomic E-state index is 11.1. The fourth-order valence-corrected chi connectivity index (χ4v) is 2.82. The van der Waals surface area contributed by atoms with Gasteiger partial charge in [-0.15, -0.1) is 0 Å². The molecule has 9 nitrogen and oxygen atoms in total. The molecule has 2 aliphatic heterocycles. The van der Waals surface area contributed by atoms with E-state index in [4.69, 9.17) is 9.84 Å². The van der Waals surface area contributed by atoms with Crippen molar-refractivity contribution >= 4 is 17.6 Å². The van der Waals surface area contributed by atoms with Crippen molar-refractivity contribution in [3.63, 3.8) is 0 Å². The number of hydrogen-bond donors (Lipinski definition) is 1. The van der Waals surface area contributed by atoms with Gasteiger partial charge in [-0.2, -0.15) is 0 Å². The third kappa shape index (κ3) is 2.47. The summed E-state index contributed by atoms with van der Waals surface area (Å²) in [6.45, 7) is 1.80. The number of carbonyl (C=O) groups is 1. The molecule has 9 heteroatoms. The predicted molar refractivity (Wildman–Crippen MR) is 71.4 cm³/mol. The largest absolute Gasteiger partial charge is 0.465 e. The molecule has 1 aromatic heterocycles. The van der Waals surface area contributed by atoms with E-state index < -0.39 is 11.0 Å². The van der Waals surface area contributed by atoms with E-state index in [1.54, 1.807) is 6.07 Å². The van der Waals surface area contributed by atoms with Crippen molar-refractivity contribution in [2.75, 3.05) is 31.1 Å². The maximum Gasteiger partial charge on any atom is 0.407 e. The van der Waals surface area contributed by atoms with Crippen LogP contribution in [0.3, 0.4) is 0 Å². The second kappa shape index (κ2) is 5.17. The lowest BCUT2D eigenvalue weighted by Crippen LogP contribution is -2.51. The van der Waals surface area contributed by atoms with Crippen molar-refractivity contribution in [2.24, 2.45) is 0 Å². The molecule has 21 heavy (non-hydrogen) atoms. The van der Waals surface area contributed by atoms with Crippen LogP contribution < -0.4 is 4.90 Å². The first-order valence-corrected chi connectivity index (χ1v) is 6.53. The Labute approximate surface area is 119 Å². The summed E-state index contributed by atoms with van der Waals surface area (Å²) in [5.41, 5.74) is 0.742. The Kier molecular flexibility index (Phi) is 3.34. The van der Waals surface area contributed by atoms with Crippen LogP contribution in [0.25, 0.3) is 0 Å². The molecule has 0 radical (unpaired) electrons. The molecule has 112 valence electrons. The molecule has 2 saturated heterocycles. The predicted octanol–water partition coefficient (Wildman–Crippen LogP) is 0.557. The third-order valence-electron chi connectivity index (χ3n) is 3.82. The number of fused-ring (bicyclic) bond motifs is 1. The number of ether oxygens (including phenoxy) is 1. The highest BCUT2D eigenvalue weighted by molar-refractivity contribution is 5.66. The first kappa shape index (κ1) is 13.6. The number of morpholine rings is 1. The number of amides is 1. The zero-order valence-corrected chi connectivity index (χ0v) is 11.1. The van der Waals surface area contributed by atoms with Gasteiger partial charge >= 0.3 is 11.9 Å². The number of likely N-dealkylation sites (tertiary alicyclic amines) is 1. The molecule has 0 aliphatic carbocycles. The van der Waals surface area contributed by atoms with Gasteiger partial charge in [-0.25, -0.2) is 4.79 Å². The summed E-state index contributed by atoms with van der Waals surface area (Å²) in [7, 11) is 0. The summed E-state index contributed by atoms with van der Waals surface area (Å²) in [6, 6.07) is 2.90. The van der Waals surface area contributed by atoms with Crippen LogP contribution >= 0.6 is 0 Å². The average molecular weight is 294 g/mol. The van der Waals surface area contributed by atoms with Crippen molar-refractivity contribution in [1.29, 1.82) is 0 Å². The quantitative estimate of drug-likeness (QED) is 0.626.